The van der Waals surface area contributed by atoms with Gasteiger partial charge in [-0.1, -0.05) is 6.08 Å². The molecule has 0 saturated heterocycles. The fraction of sp³-hybridized carbons (Fsp3) is 0.214. The number of amides is 1. The van der Waals surface area contributed by atoms with Crippen molar-refractivity contribution in [3.63, 3.8) is 0 Å². The van der Waals surface area contributed by atoms with Crippen LogP contribution in [0.15, 0.2) is 36.7 Å². The summed E-state index contributed by atoms with van der Waals surface area (Å²) in [6.45, 7) is 3.40. The molecule has 6 nitrogen and oxygen atoms in total. The Labute approximate surface area is 116 Å². The van der Waals surface area contributed by atoms with E-state index in [-0.39, 0.29) is 12.1 Å². The average molecular weight is 269 g/mol. The number of imidazole rings is 1. The summed E-state index contributed by atoms with van der Waals surface area (Å²) in [5.74, 6) is 0.753. The quantitative estimate of drug-likeness (QED) is 0.868. The molecule has 1 aliphatic rings. The van der Waals surface area contributed by atoms with Gasteiger partial charge in [0, 0.05) is 13.1 Å². The summed E-state index contributed by atoms with van der Waals surface area (Å²) in [6.07, 6.45) is 9.20. The van der Waals surface area contributed by atoms with Crippen molar-refractivity contribution in [2.45, 2.75) is 20.0 Å². The normalized spacial score (nSPS) is 17.7. The summed E-state index contributed by atoms with van der Waals surface area (Å²) < 4.78 is 0. The Kier molecular flexibility index (Phi) is 2.98. The number of aromatic amines is 1. The maximum atomic E-state index is 11.3. The number of allylic oxidation sites excluding steroid dienone is 2. The molecule has 1 aliphatic heterocycles. The Morgan fingerprint density at radius 2 is 2.30 bits per heavy atom. The van der Waals surface area contributed by atoms with Crippen molar-refractivity contribution in [3.8, 4) is 0 Å². The maximum Gasteiger partial charge on any atom is 0.218 e. The van der Waals surface area contributed by atoms with Crippen LogP contribution in [0.3, 0.4) is 0 Å². The van der Waals surface area contributed by atoms with Crippen LogP contribution in [0.1, 0.15) is 12.7 Å². The lowest BCUT2D eigenvalue weighted by molar-refractivity contribution is -0.119. The number of nitrogens with zero attached hydrogens (tertiary/aromatic N) is 3. The third-order valence-electron chi connectivity index (χ3n) is 3.04. The molecule has 1 amide bonds. The van der Waals surface area contributed by atoms with E-state index in [1.807, 2.05) is 42.3 Å². The lowest BCUT2D eigenvalue weighted by Crippen LogP contribution is -2.44. The fourth-order valence-electron chi connectivity index (χ4n) is 2.22. The average Bonchev–Trinajstić information content (AvgIpc) is 2.77. The smallest absolute Gasteiger partial charge is 0.218 e. The topological polar surface area (TPSA) is 73.9 Å². The van der Waals surface area contributed by atoms with Crippen LogP contribution >= 0.6 is 0 Å². The molecular weight excluding hydrogens is 254 g/mol. The molecule has 3 rings (SSSR count). The molecule has 6 heteroatoms. The molecule has 0 bridgehead atoms. The van der Waals surface area contributed by atoms with Crippen LogP contribution in [0.5, 0.6) is 0 Å². The van der Waals surface area contributed by atoms with Crippen LogP contribution < -0.4 is 10.2 Å². The lowest BCUT2D eigenvalue weighted by Gasteiger charge is -2.30. The molecule has 20 heavy (non-hydrogen) atoms. The molecule has 0 radical (unpaired) electrons. The minimum absolute atomic E-state index is 0.0774. The van der Waals surface area contributed by atoms with E-state index >= 15 is 0 Å². The second kappa shape index (κ2) is 4.80. The molecule has 1 unspecified atom stereocenters. The number of rotatable bonds is 2. The van der Waals surface area contributed by atoms with E-state index in [0.717, 1.165) is 17.0 Å². The van der Waals surface area contributed by atoms with Gasteiger partial charge in [0.2, 0.25) is 5.91 Å². The summed E-state index contributed by atoms with van der Waals surface area (Å²) in [6, 6.07) is 1.97. The summed E-state index contributed by atoms with van der Waals surface area (Å²) in [4.78, 5) is 25.0. The van der Waals surface area contributed by atoms with Gasteiger partial charge < -0.3 is 15.2 Å². The molecule has 2 aromatic heterocycles. The van der Waals surface area contributed by atoms with Gasteiger partial charge in [0.1, 0.15) is 12.0 Å². The summed E-state index contributed by atoms with van der Waals surface area (Å²) in [7, 11) is 0. The van der Waals surface area contributed by atoms with E-state index < -0.39 is 0 Å². The second-order valence-electron chi connectivity index (χ2n) is 4.67. The highest BCUT2D eigenvalue weighted by atomic mass is 16.1. The molecule has 0 aliphatic carbocycles. The maximum absolute atomic E-state index is 11.3. The number of nitrogens with one attached hydrogen (secondary N) is 2. The first-order valence-electron chi connectivity index (χ1n) is 6.36. The third kappa shape index (κ3) is 2.27. The number of hydrogen-bond donors (Lipinski definition) is 2. The van der Waals surface area contributed by atoms with Crippen molar-refractivity contribution < 1.29 is 4.79 Å². The van der Waals surface area contributed by atoms with Crippen LogP contribution in [0, 0.1) is 6.92 Å². The van der Waals surface area contributed by atoms with Crippen molar-refractivity contribution in [2.75, 3.05) is 4.90 Å². The van der Waals surface area contributed by atoms with Crippen molar-refractivity contribution in [2.24, 2.45) is 0 Å². The number of carbonyl (C=O) groups is 1. The van der Waals surface area contributed by atoms with Crippen molar-refractivity contribution in [1.29, 1.82) is 0 Å². The molecule has 3 heterocycles. The molecule has 0 spiro atoms. The first-order chi connectivity index (χ1) is 9.63. The second-order valence-corrected chi connectivity index (χ2v) is 4.67. The standard InChI is InChI=1S/C14H15N5O/c1-9-16-12-7-11(8-15-14(12)17-9)19-6-4-3-5-13(19)18-10(2)20/h3-8,13H,1-2H3,(H,18,20)(H,15,16,17). The van der Waals surface area contributed by atoms with Gasteiger partial charge in [0.05, 0.1) is 17.4 Å². The van der Waals surface area contributed by atoms with Crippen LogP contribution in [0.4, 0.5) is 5.69 Å². The molecule has 0 saturated carbocycles. The highest BCUT2D eigenvalue weighted by Crippen LogP contribution is 2.22. The molecule has 0 fully saturated rings. The fourth-order valence-corrected chi connectivity index (χ4v) is 2.22. The van der Waals surface area contributed by atoms with Gasteiger partial charge in [-0.3, -0.25) is 4.79 Å². The predicted molar refractivity (Wildman–Crippen MR) is 77.0 cm³/mol. The molecule has 2 aromatic rings. The number of hydrogen-bond acceptors (Lipinski definition) is 4. The number of H-pyrrole nitrogens is 1. The Balaban J connectivity index is 1.97. The van der Waals surface area contributed by atoms with E-state index in [9.17, 15) is 4.79 Å². The third-order valence-corrected chi connectivity index (χ3v) is 3.04. The summed E-state index contributed by atoms with van der Waals surface area (Å²) in [5, 5.41) is 2.88. The van der Waals surface area contributed by atoms with Gasteiger partial charge in [-0.15, -0.1) is 0 Å². The predicted octanol–water partition coefficient (Wildman–Crippen LogP) is 1.62. The van der Waals surface area contributed by atoms with E-state index in [1.54, 1.807) is 6.20 Å². The zero-order chi connectivity index (χ0) is 14.1. The van der Waals surface area contributed by atoms with E-state index in [2.05, 4.69) is 20.3 Å². The Hall–Kier alpha value is -2.63. The Morgan fingerprint density at radius 3 is 3.10 bits per heavy atom. The van der Waals surface area contributed by atoms with Gasteiger partial charge in [-0.25, -0.2) is 9.97 Å². The van der Waals surface area contributed by atoms with Gasteiger partial charge in [0.15, 0.2) is 5.65 Å². The molecule has 2 N–H and O–H groups in total. The minimum atomic E-state index is -0.208. The Morgan fingerprint density at radius 1 is 1.45 bits per heavy atom. The largest absolute Gasteiger partial charge is 0.341 e. The van der Waals surface area contributed by atoms with Crippen molar-refractivity contribution in [1.82, 2.24) is 20.3 Å². The van der Waals surface area contributed by atoms with Crippen molar-refractivity contribution >= 4 is 22.8 Å². The number of pyridine rings is 1. The molecule has 0 aromatic carbocycles. The van der Waals surface area contributed by atoms with Gasteiger partial charge in [-0.05, 0) is 25.1 Å². The number of carbonyl (C=O) groups excluding carboxylic acids is 1. The highest BCUT2D eigenvalue weighted by molar-refractivity contribution is 5.77. The van der Waals surface area contributed by atoms with Crippen LogP contribution in [0.25, 0.3) is 11.2 Å². The summed E-state index contributed by atoms with van der Waals surface area (Å²) in [5.41, 5.74) is 2.46. The molecule has 102 valence electrons. The first-order valence-corrected chi connectivity index (χ1v) is 6.36. The van der Waals surface area contributed by atoms with Crippen LogP contribution in [-0.2, 0) is 4.79 Å². The van der Waals surface area contributed by atoms with Gasteiger partial charge in [0.25, 0.3) is 0 Å². The molecular formula is C14H15N5O. The van der Waals surface area contributed by atoms with Crippen LogP contribution in [-0.4, -0.2) is 27.0 Å². The first kappa shape index (κ1) is 12.4. The number of aromatic nitrogens is 3. The van der Waals surface area contributed by atoms with Gasteiger partial charge >= 0.3 is 0 Å². The number of anilines is 1. The summed E-state index contributed by atoms with van der Waals surface area (Å²) >= 11 is 0. The number of fused-ring (bicyclic) bond motifs is 1. The van der Waals surface area contributed by atoms with Crippen molar-refractivity contribution in [3.05, 3.63) is 42.5 Å². The van der Waals surface area contributed by atoms with E-state index in [0.29, 0.717) is 5.65 Å². The van der Waals surface area contributed by atoms with Crippen LogP contribution in [0.2, 0.25) is 0 Å². The SMILES string of the molecule is CC(=O)NC1C=CC=CN1c1cnc2nc(C)[nH]c2c1. The molecule has 1 atom stereocenters. The monoisotopic (exact) mass is 269 g/mol. The zero-order valence-electron chi connectivity index (χ0n) is 11.3. The highest BCUT2D eigenvalue weighted by Gasteiger charge is 2.18. The lowest BCUT2D eigenvalue weighted by atomic mass is 10.2. The number of aryl methyl sites for hydroxylation is 1. The Bertz CT molecular complexity index is 715. The van der Waals surface area contributed by atoms with E-state index in [1.165, 1.54) is 6.92 Å². The zero-order valence-corrected chi connectivity index (χ0v) is 11.3. The van der Waals surface area contributed by atoms with Gasteiger partial charge in [-0.2, -0.15) is 0 Å². The minimum Gasteiger partial charge on any atom is -0.341 e. The van der Waals surface area contributed by atoms with E-state index in [4.69, 9.17) is 0 Å².